The summed E-state index contributed by atoms with van der Waals surface area (Å²) in [6.45, 7) is 4.53. The summed E-state index contributed by atoms with van der Waals surface area (Å²) in [4.78, 5) is 25.2. The second-order valence-corrected chi connectivity index (χ2v) is 11.4. The van der Waals surface area contributed by atoms with Crippen molar-refractivity contribution in [2.45, 2.75) is 90.4 Å². The summed E-state index contributed by atoms with van der Waals surface area (Å²) >= 11 is 0. The van der Waals surface area contributed by atoms with Gasteiger partial charge in [-0.3, -0.25) is 9.59 Å². The molecule has 0 heterocycles. The van der Waals surface area contributed by atoms with Crippen molar-refractivity contribution in [1.82, 2.24) is 0 Å². The van der Waals surface area contributed by atoms with Gasteiger partial charge in [0.15, 0.2) is 5.78 Å². The lowest BCUT2D eigenvalue weighted by Gasteiger charge is -2.29. The van der Waals surface area contributed by atoms with Gasteiger partial charge in [0.25, 0.3) is 0 Å². The maximum atomic E-state index is 13.5. The monoisotopic (exact) mass is 485 g/mol. The zero-order valence-electron chi connectivity index (χ0n) is 22.2. The third-order valence-corrected chi connectivity index (χ3v) is 8.76. The fraction of sp³-hybridized carbons (Fsp3) is 0.515. The number of nitrogens with two attached hydrogens (primary N) is 1. The molecule has 3 atom stereocenters. The number of rotatable bonds is 7. The van der Waals surface area contributed by atoms with Gasteiger partial charge in [0.1, 0.15) is 0 Å². The summed E-state index contributed by atoms with van der Waals surface area (Å²) in [6, 6.07) is 16.5. The first kappa shape index (κ1) is 26.4. The summed E-state index contributed by atoms with van der Waals surface area (Å²) in [6.07, 6.45) is 15.1. The van der Waals surface area contributed by atoms with E-state index in [1.165, 1.54) is 56.1 Å². The SMILES string of the molecule is CC1=CC(C(C)CCC(c2ccccc2)C2CCCCCC2)CC(=O)c2cc(C(N)=O)ccc2CC1. The lowest BCUT2D eigenvalue weighted by molar-refractivity contribution is 0.0956. The average Bonchev–Trinajstić information content (AvgIpc) is 3.14. The first-order valence-electron chi connectivity index (χ1n) is 14.1. The topological polar surface area (TPSA) is 60.2 Å². The Bertz CT molecular complexity index is 1060. The van der Waals surface area contributed by atoms with Crippen molar-refractivity contribution in [3.63, 3.8) is 0 Å². The van der Waals surface area contributed by atoms with Crippen LogP contribution in [0.4, 0.5) is 0 Å². The molecule has 36 heavy (non-hydrogen) atoms. The highest BCUT2D eigenvalue weighted by Gasteiger charge is 2.28. The van der Waals surface area contributed by atoms with Crippen LogP contribution in [-0.2, 0) is 6.42 Å². The molecule has 3 unspecified atom stereocenters. The van der Waals surface area contributed by atoms with Crippen molar-refractivity contribution in [3.05, 3.63) is 82.4 Å². The van der Waals surface area contributed by atoms with Gasteiger partial charge in [0.05, 0.1) is 0 Å². The number of benzene rings is 2. The van der Waals surface area contributed by atoms with Crippen LogP contribution in [-0.4, -0.2) is 11.7 Å². The third-order valence-electron chi connectivity index (χ3n) is 8.76. The summed E-state index contributed by atoms with van der Waals surface area (Å²) in [5, 5.41) is 0. The lowest BCUT2D eigenvalue weighted by Crippen LogP contribution is -2.19. The quantitative estimate of drug-likeness (QED) is 0.319. The maximum absolute atomic E-state index is 13.5. The zero-order chi connectivity index (χ0) is 25.5. The van der Waals surface area contributed by atoms with E-state index < -0.39 is 5.91 Å². The molecule has 3 nitrogen and oxygen atoms in total. The molecule has 0 aliphatic heterocycles. The number of hydrogen-bond donors (Lipinski definition) is 1. The number of amides is 1. The Labute approximate surface area is 217 Å². The summed E-state index contributed by atoms with van der Waals surface area (Å²) in [5.74, 6) is 1.66. The number of allylic oxidation sites excluding steroid dienone is 2. The van der Waals surface area contributed by atoms with Gasteiger partial charge in [-0.05, 0) is 92.4 Å². The number of aryl methyl sites for hydroxylation is 1. The van der Waals surface area contributed by atoms with Crippen molar-refractivity contribution >= 4 is 11.7 Å². The maximum Gasteiger partial charge on any atom is 0.248 e. The van der Waals surface area contributed by atoms with Gasteiger partial charge in [-0.1, -0.05) is 80.7 Å². The second kappa shape index (κ2) is 12.5. The molecular formula is C33H43NO2. The van der Waals surface area contributed by atoms with E-state index in [0.29, 0.717) is 29.4 Å². The van der Waals surface area contributed by atoms with Gasteiger partial charge in [0.2, 0.25) is 5.91 Å². The van der Waals surface area contributed by atoms with E-state index in [4.69, 9.17) is 5.73 Å². The number of Topliss-reactive ketones (excluding diaryl/α,β-unsaturated/α-hetero) is 1. The van der Waals surface area contributed by atoms with Gasteiger partial charge in [0, 0.05) is 17.5 Å². The van der Waals surface area contributed by atoms with Crippen LogP contribution in [0.25, 0.3) is 0 Å². The molecule has 0 aromatic heterocycles. The van der Waals surface area contributed by atoms with Crippen LogP contribution in [0.15, 0.2) is 60.2 Å². The van der Waals surface area contributed by atoms with Crippen LogP contribution in [0.5, 0.6) is 0 Å². The predicted octanol–water partition coefficient (Wildman–Crippen LogP) is 8.04. The van der Waals surface area contributed by atoms with E-state index in [9.17, 15) is 9.59 Å². The summed E-state index contributed by atoms with van der Waals surface area (Å²) in [5.41, 5.74) is 10.5. The van der Waals surface area contributed by atoms with Crippen molar-refractivity contribution in [2.75, 3.05) is 0 Å². The molecule has 2 aromatic carbocycles. The smallest absolute Gasteiger partial charge is 0.248 e. The van der Waals surface area contributed by atoms with Crippen molar-refractivity contribution in [3.8, 4) is 0 Å². The molecule has 3 heteroatoms. The molecule has 2 aromatic rings. The van der Waals surface area contributed by atoms with E-state index in [1.54, 1.807) is 12.1 Å². The van der Waals surface area contributed by atoms with Crippen molar-refractivity contribution in [2.24, 2.45) is 23.5 Å². The van der Waals surface area contributed by atoms with Crippen molar-refractivity contribution in [1.29, 1.82) is 0 Å². The molecule has 192 valence electrons. The van der Waals surface area contributed by atoms with E-state index in [0.717, 1.165) is 30.7 Å². The first-order chi connectivity index (χ1) is 17.4. The minimum atomic E-state index is -0.477. The number of fused-ring (bicyclic) bond motifs is 1. The lowest BCUT2D eigenvalue weighted by atomic mass is 9.75. The summed E-state index contributed by atoms with van der Waals surface area (Å²) in [7, 11) is 0. The molecule has 0 bridgehead atoms. The minimum Gasteiger partial charge on any atom is -0.366 e. The Kier molecular flexibility index (Phi) is 9.18. The largest absolute Gasteiger partial charge is 0.366 e. The van der Waals surface area contributed by atoms with E-state index >= 15 is 0 Å². The van der Waals surface area contributed by atoms with Gasteiger partial charge < -0.3 is 5.73 Å². The fourth-order valence-electron chi connectivity index (χ4n) is 6.48. The number of hydrogen-bond acceptors (Lipinski definition) is 2. The molecule has 0 saturated heterocycles. The number of carbonyl (C=O) groups is 2. The highest BCUT2D eigenvalue weighted by Crippen LogP contribution is 2.40. The summed E-state index contributed by atoms with van der Waals surface area (Å²) < 4.78 is 0. The number of primary amides is 1. The molecule has 1 amide bonds. The Morgan fingerprint density at radius 1 is 0.972 bits per heavy atom. The Morgan fingerprint density at radius 2 is 1.69 bits per heavy atom. The van der Waals surface area contributed by atoms with Gasteiger partial charge in [-0.15, -0.1) is 0 Å². The molecule has 2 N–H and O–H groups in total. The Morgan fingerprint density at radius 3 is 2.39 bits per heavy atom. The third kappa shape index (κ3) is 6.75. The molecule has 2 aliphatic rings. The molecule has 1 fully saturated rings. The molecule has 4 rings (SSSR count). The number of carbonyl (C=O) groups excluding carboxylic acids is 2. The molecule has 0 spiro atoms. The second-order valence-electron chi connectivity index (χ2n) is 11.4. The normalized spacial score (nSPS) is 21.2. The van der Waals surface area contributed by atoms with Gasteiger partial charge >= 0.3 is 0 Å². The fourth-order valence-corrected chi connectivity index (χ4v) is 6.48. The van der Waals surface area contributed by atoms with E-state index in [2.05, 4.69) is 50.3 Å². The highest BCUT2D eigenvalue weighted by molar-refractivity contribution is 6.01. The Hall–Kier alpha value is -2.68. The van der Waals surface area contributed by atoms with Crippen molar-refractivity contribution < 1.29 is 9.59 Å². The first-order valence-corrected chi connectivity index (χ1v) is 14.1. The predicted molar refractivity (Wildman–Crippen MR) is 148 cm³/mol. The zero-order valence-corrected chi connectivity index (χ0v) is 22.2. The van der Waals surface area contributed by atoms with E-state index in [-0.39, 0.29) is 11.7 Å². The molecule has 2 aliphatic carbocycles. The van der Waals surface area contributed by atoms with Gasteiger partial charge in [-0.25, -0.2) is 0 Å². The van der Waals surface area contributed by atoms with Crippen LogP contribution in [0.3, 0.4) is 0 Å². The van der Waals surface area contributed by atoms with Crippen LogP contribution >= 0.6 is 0 Å². The molecule has 0 radical (unpaired) electrons. The highest BCUT2D eigenvalue weighted by atomic mass is 16.1. The minimum absolute atomic E-state index is 0.138. The Balaban J connectivity index is 1.51. The van der Waals surface area contributed by atoms with E-state index in [1.807, 2.05) is 6.07 Å². The van der Waals surface area contributed by atoms with Crippen LogP contribution in [0, 0.1) is 17.8 Å². The number of ketones is 1. The van der Waals surface area contributed by atoms with Crippen LogP contribution < -0.4 is 5.73 Å². The molecular weight excluding hydrogens is 442 g/mol. The van der Waals surface area contributed by atoms with Gasteiger partial charge in [-0.2, -0.15) is 0 Å². The standard InChI is InChI=1S/C33H43NO2/c1-23-14-16-27-17-18-28(33(34)36)21-31(27)32(35)22-29(20-23)24(2)15-19-30(26-12-8-5-9-13-26)25-10-6-3-4-7-11-25/h5,8-9,12-13,17-18,20-21,24-25,29-30H,3-4,6-7,10-11,14-16,19,22H2,1-2H3,(H2,34,36). The van der Waals surface area contributed by atoms with Crippen LogP contribution in [0.1, 0.15) is 116 Å². The van der Waals surface area contributed by atoms with Crippen LogP contribution in [0.2, 0.25) is 0 Å². The average molecular weight is 486 g/mol. The molecule has 1 saturated carbocycles.